The number of aryl methyl sites for hydroxylation is 1. The van der Waals surface area contributed by atoms with Crippen LogP contribution in [-0.4, -0.2) is 29.2 Å². The lowest BCUT2D eigenvalue weighted by Crippen LogP contribution is -2.09. The van der Waals surface area contributed by atoms with Gasteiger partial charge in [-0.3, -0.25) is 9.48 Å². The standard InChI is InChI=1S/C9H13N3O/c1-12-5-8(6-13)9(11-12)7-2-3-10-4-7/h5-7,10H,2-4H2,1H3. The zero-order valence-electron chi connectivity index (χ0n) is 7.66. The van der Waals surface area contributed by atoms with E-state index in [-0.39, 0.29) is 0 Å². The quantitative estimate of drug-likeness (QED) is 0.665. The van der Waals surface area contributed by atoms with Crippen LogP contribution in [0.3, 0.4) is 0 Å². The molecule has 4 nitrogen and oxygen atoms in total. The van der Waals surface area contributed by atoms with Crippen molar-refractivity contribution in [1.29, 1.82) is 0 Å². The van der Waals surface area contributed by atoms with Crippen molar-refractivity contribution in [3.05, 3.63) is 17.5 Å². The summed E-state index contributed by atoms with van der Waals surface area (Å²) in [4.78, 5) is 10.7. The Morgan fingerprint density at radius 2 is 2.62 bits per heavy atom. The van der Waals surface area contributed by atoms with E-state index in [1.54, 1.807) is 10.9 Å². The fourth-order valence-corrected chi connectivity index (χ4v) is 1.82. The molecular formula is C9H13N3O. The molecule has 1 atom stereocenters. The third kappa shape index (κ3) is 1.49. The lowest BCUT2D eigenvalue weighted by Gasteiger charge is -2.03. The molecule has 1 aliphatic heterocycles. The van der Waals surface area contributed by atoms with Crippen molar-refractivity contribution < 1.29 is 4.79 Å². The largest absolute Gasteiger partial charge is 0.316 e. The number of nitrogens with zero attached hydrogens (tertiary/aromatic N) is 2. The number of carbonyl (C=O) groups excluding carboxylic acids is 1. The van der Waals surface area contributed by atoms with Gasteiger partial charge >= 0.3 is 0 Å². The summed E-state index contributed by atoms with van der Waals surface area (Å²) >= 11 is 0. The Labute approximate surface area is 76.9 Å². The molecule has 13 heavy (non-hydrogen) atoms. The SMILES string of the molecule is Cn1cc(C=O)c(C2CCNC2)n1. The first-order valence-corrected chi connectivity index (χ1v) is 4.50. The van der Waals surface area contributed by atoms with Gasteiger partial charge in [-0.15, -0.1) is 0 Å². The molecule has 70 valence electrons. The number of hydrogen-bond acceptors (Lipinski definition) is 3. The third-order valence-electron chi connectivity index (χ3n) is 2.46. The minimum Gasteiger partial charge on any atom is -0.316 e. The monoisotopic (exact) mass is 179 g/mol. The Bertz CT molecular complexity index is 313. The highest BCUT2D eigenvalue weighted by Gasteiger charge is 2.22. The lowest BCUT2D eigenvalue weighted by atomic mass is 10.0. The second kappa shape index (κ2) is 3.30. The maximum atomic E-state index is 10.7. The van der Waals surface area contributed by atoms with Gasteiger partial charge in [-0.2, -0.15) is 5.10 Å². The van der Waals surface area contributed by atoms with Crippen LogP contribution < -0.4 is 5.32 Å². The predicted octanol–water partition coefficient (Wildman–Crippen LogP) is 0.309. The van der Waals surface area contributed by atoms with Crippen LogP contribution in [0.25, 0.3) is 0 Å². The fraction of sp³-hybridized carbons (Fsp3) is 0.556. The molecule has 0 radical (unpaired) electrons. The average molecular weight is 179 g/mol. The Morgan fingerprint density at radius 3 is 3.23 bits per heavy atom. The molecule has 0 amide bonds. The summed E-state index contributed by atoms with van der Waals surface area (Å²) in [5.41, 5.74) is 1.68. The van der Waals surface area contributed by atoms with Gasteiger partial charge in [-0.1, -0.05) is 0 Å². The molecule has 1 N–H and O–H groups in total. The van der Waals surface area contributed by atoms with E-state index in [0.717, 1.165) is 37.1 Å². The maximum absolute atomic E-state index is 10.7. The molecule has 2 rings (SSSR count). The van der Waals surface area contributed by atoms with Gasteiger partial charge in [-0.25, -0.2) is 0 Å². The van der Waals surface area contributed by atoms with Crippen LogP contribution in [0.15, 0.2) is 6.20 Å². The normalized spacial score (nSPS) is 22.1. The van der Waals surface area contributed by atoms with E-state index < -0.39 is 0 Å². The summed E-state index contributed by atoms with van der Waals surface area (Å²) in [5.74, 6) is 0.418. The van der Waals surface area contributed by atoms with E-state index in [1.165, 1.54) is 0 Å². The Morgan fingerprint density at radius 1 is 1.77 bits per heavy atom. The molecule has 1 aromatic rings. The van der Waals surface area contributed by atoms with Gasteiger partial charge in [0, 0.05) is 25.7 Å². The summed E-state index contributed by atoms with van der Waals surface area (Å²) in [7, 11) is 1.85. The number of aldehydes is 1. The highest BCUT2D eigenvalue weighted by Crippen LogP contribution is 2.22. The Balaban J connectivity index is 2.31. The van der Waals surface area contributed by atoms with Crippen LogP contribution >= 0.6 is 0 Å². The first-order chi connectivity index (χ1) is 6.31. The molecule has 1 aliphatic rings. The highest BCUT2D eigenvalue weighted by molar-refractivity contribution is 5.76. The zero-order chi connectivity index (χ0) is 9.26. The summed E-state index contributed by atoms with van der Waals surface area (Å²) in [6, 6.07) is 0. The minimum absolute atomic E-state index is 0.418. The number of rotatable bonds is 2. The molecule has 0 spiro atoms. The smallest absolute Gasteiger partial charge is 0.153 e. The maximum Gasteiger partial charge on any atom is 0.153 e. The van der Waals surface area contributed by atoms with Crippen molar-refractivity contribution in [2.45, 2.75) is 12.3 Å². The topological polar surface area (TPSA) is 46.9 Å². The second-order valence-electron chi connectivity index (χ2n) is 3.45. The van der Waals surface area contributed by atoms with Gasteiger partial charge < -0.3 is 5.32 Å². The summed E-state index contributed by atoms with van der Waals surface area (Å²) in [5, 5.41) is 7.58. The van der Waals surface area contributed by atoms with E-state index in [2.05, 4.69) is 10.4 Å². The Hall–Kier alpha value is -1.16. The minimum atomic E-state index is 0.418. The Kier molecular flexibility index (Phi) is 2.14. The molecule has 0 saturated carbocycles. The van der Waals surface area contributed by atoms with E-state index in [9.17, 15) is 4.79 Å². The van der Waals surface area contributed by atoms with Crippen molar-refractivity contribution in [3.8, 4) is 0 Å². The van der Waals surface area contributed by atoms with Crippen LogP contribution in [0.5, 0.6) is 0 Å². The van der Waals surface area contributed by atoms with Crippen molar-refractivity contribution in [2.75, 3.05) is 13.1 Å². The van der Waals surface area contributed by atoms with Crippen LogP contribution in [0, 0.1) is 0 Å². The van der Waals surface area contributed by atoms with Crippen LogP contribution in [-0.2, 0) is 7.05 Å². The van der Waals surface area contributed by atoms with E-state index in [4.69, 9.17) is 0 Å². The first kappa shape index (κ1) is 8.44. The van der Waals surface area contributed by atoms with Crippen LogP contribution in [0.1, 0.15) is 28.4 Å². The van der Waals surface area contributed by atoms with E-state index in [0.29, 0.717) is 5.92 Å². The van der Waals surface area contributed by atoms with Gasteiger partial charge in [0.2, 0.25) is 0 Å². The third-order valence-corrected chi connectivity index (χ3v) is 2.46. The molecule has 1 unspecified atom stereocenters. The second-order valence-corrected chi connectivity index (χ2v) is 3.45. The van der Waals surface area contributed by atoms with E-state index in [1.807, 2.05) is 7.05 Å². The highest BCUT2D eigenvalue weighted by atomic mass is 16.1. The lowest BCUT2D eigenvalue weighted by molar-refractivity contribution is 0.112. The molecule has 0 aromatic carbocycles. The first-order valence-electron chi connectivity index (χ1n) is 4.50. The predicted molar refractivity (Wildman–Crippen MR) is 48.8 cm³/mol. The average Bonchev–Trinajstić information content (AvgIpc) is 2.71. The van der Waals surface area contributed by atoms with Crippen molar-refractivity contribution in [1.82, 2.24) is 15.1 Å². The van der Waals surface area contributed by atoms with Gasteiger partial charge in [0.05, 0.1) is 11.3 Å². The van der Waals surface area contributed by atoms with Crippen molar-refractivity contribution in [3.63, 3.8) is 0 Å². The molecule has 2 heterocycles. The molecule has 1 aromatic heterocycles. The molecular weight excluding hydrogens is 166 g/mol. The van der Waals surface area contributed by atoms with Gasteiger partial charge in [-0.05, 0) is 13.0 Å². The van der Waals surface area contributed by atoms with Gasteiger partial charge in [0.1, 0.15) is 0 Å². The van der Waals surface area contributed by atoms with Gasteiger partial charge in [0.15, 0.2) is 6.29 Å². The number of carbonyl (C=O) groups is 1. The zero-order valence-corrected chi connectivity index (χ0v) is 7.66. The molecule has 4 heteroatoms. The fourth-order valence-electron chi connectivity index (χ4n) is 1.82. The number of nitrogens with one attached hydrogen (secondary N) is 1. The van der Waals surface area contributed by atoms with Crippen LogP contribution in [0.4, 0.5) is 0 Å². The van der Waals surface area contributed by atoms with Crippen molar-refractivity contribution in [2.24, 2.45) is 7.05 Å². The molecule has 1 saturated heterocycles. The van der Waals surface area contributed by atoms with Gasteiger partial charge in [0.25, 0.3) is 0 Å². The van der Waals surface area contributed by atoms with Crippen molar-refractivity contribution >= 4 is 6.29 Å². The molecule has 0 aliphatic carbocycles. The number of aromatic nitrogens is 2. The molecule has 0 bridgehead atoms. The summed E-state index contributed by atoms with van der Waals surface area (Å²) in [6.45, 7) is 1.97. The molecule has 1 fully saturated rings. The van der Waals surface area contributed by atoms with E-state index >= 15 is 0 Å². The summed E-state index contributed by atoms with van der Waals surface area (Å²) < 4.78 is 1.71. The number of hydrogen-bond donors (Lipinski definition) is 1. The van der Waals surface area contributed by atoms with Crippen LogP contribution in [0.2, 0.25) is 0 Å². The summed E-state index contributed by atoms with van der Waals surface area (Å²) in [6.07, 6.45) is 3.75.